The van der Waals surface area contributed by atoms with Crippen LogP contribution in [-0.2, 0) is 0 Å². The van der Waals surface area contributed by atoms with Crippen LogP contribution >= 0.6 is 0 Å². The monoisotopic (exact) mass is 445 g/mol. The number of H-pyrrole nitrogens is 1. The van der Waals surface area contributed by atoms with Gasteiger partial charge in [0.2, 0.25) is 0 Å². The average Bonchev–Trinajstić information content (AvgIpc) is 3.69. The van der Waals surface area contributed by atoms with Crippen LogP contribution in [-0.4, -0.2) is 9.97 Å². The van der Waals surface area contributed by atoms with Gasteiger partial charge in [0.15, 0.2) is 0 Å². The van der Waals surface area contributed by atoms with Crippen molar-refractivity contribution in [2.24, 2.45) is 0 Å². The largest absolute Gasteiger partial charge is 0.357 e. The number of nitrogens with zero attached hydrogens (tertiary/aromatic N) is 2. The Kier molecular flexibility index (Phi) is 4.65. The smallest absolute Gasteiger partial charge is 0.109 e. The molecule has 3 nitrogen and oxygen atoms in total. The number of nitrogens with one attached hydrogen (secondary N) is 1. The predicted octanol–water partition coefficient (Wildman–Crippen LogP) is 8.11. The van der Waals surface area contributed by atoms with Gasteiger partial charge in [-0.15, -0.1) is 0 Å². The SMILES string of the molecule is Cc1ccc(-c2ccc(-c3cnc(C4CCCC4)[nH]3)cc2)c2c1C1CCC2N1c1ccccc1. The van der Waals surface area contributed by atoms with Gasteiger partial charge in [-0.3, -0.25) is 0 Å². The van der Waals surface area contributed by atoms with Crippen LogP contribution in [0.25, 0.3) is 22.4 Å². The molecular weight excluding hydrogens is 414 g/mol. The van der Waals surface area contributed by atoms with Crippen LogP contribution in [0, 0.1) is 6.92 Å². The highest BCUT2D eigenvalue weighted by atomic mass is 15.2. The lowest BCUT2D eigenvalue weighted by atomic mass is 9.83. The molecule has 2 aliphatic heterocycles. The minimum atomic E-state index is 0.471. The highest BCUT2D eigenvalue weighted by molar-refractivity contribution is 5.77. The quantitative estimate of drug-likeness (QED) is 0.344. The first kappa shape index (κ1) is 20.1. The molecular formula is C31H31N3. The number of benzene rings is 3. The van der Waals surface area contributed by atoms with E-state index in [2.05, 4.69) is 83.5 Å². The third kappa shape index (κ3) is 3.06. The maximum Gasteiger partial charge on any atom is 0.109 e. The van der Waals surface area contributed by atoms with Crippen molar-refractivity contribution >= 4 is 5.69 Å². The molecule has 0 radical (unpaired) electrons. The molecule has 2 fully saturated rings. The highest BCUT2D eigenvalue weighted by Crippen LogP contribution is 2.58. The van der Waals surface area contributed by atoms with Crippen molar-refractivity contribution in [3.63, 3.8) is 0 Å². The summed E-state index contributed by atoms with van der Waals surface area (Å²) in [6.45, 7) is 2.29. The molecule has 2 atom stereocenters. The van der Waals surface area contributed by atoms with E-state index in [0.29, 0.717) is 18.0 Å². The summed E-state index contributed by atoms with van der Waals surface area (Å²) in [5.74, 6) is 1.79. The molecule has 1 aromatic heterocycles. The maximum absolute atomic E-state index is 4.71. The van der Waals surface area contributed by atoms with E-state index in [0.717, 1.165) is 5.69 Å². The first-order valence-corrected chi connectivity index (χ1v) is 12.9. The van der Waals surface area contributed by atoms with Crippen molar-refractivity contribution in [2.45, 2.75) is 63.5 Å². The maximum atomic E-state index is 4.71. The summed E-state index contributed by atoms with van der Waals surface area (Å²) in [4.78, 5) is 11.0. The second kappa shape index (κ2) is 7.87. The number of hydrogen-bond donors (Lipinski definition) is 1. The molecule has 3 aromatic carbocycles. The van der Waals surface area contributed by atoms with Crippen molar-refractivity contribution in [1.29, 1.82) is 0 Å². The van der Waals surface area contributed by atoms with Gasteiger partial charge in [-0.05, 0) is 78.1 Å². The second-order valence-electron chi connectivity index (χ2n) is 10.3. The van der Waals surface area contributed by atoms with Crippen molar-refractivity contribution < 1.29 is 0 Å². The van der Waals surface area contributed by atoms with E-state index in [4.69, 9.17) is 4.98 Å². The van der Waals surface area contributed by atoms with E-state index in [9.17, 15) is 0 Å². The first-order chi connectivity index (χ1) is 16.8. The molecule has 0 spiro atoms. The summed E-state index contributed by atoms with van der Waals surface area (Å²) < 4.78 is 0. The van der Waals surface area contributed by atoms with Crippen LogP contribution in [0.15, 0.2) is 72.9 Å². The fourth-order valence-electron chi connectivity index (χ4n) is 6.86. The number of aromatic nitrogens is 2. The molecule has 1 N–H and O–H groups in total. The Bertz CT molecular complexity index is 1330. The van der Waals surface area contributed by atoms with Gasteiger partial charge in [-0.25, -0.2) is 4.98 Å². The van der Waals surface area contributed by atoms with Gasteiger partial charge in [-0.1, -0.05) is 67.4 Å². The van der Waals surface area contributed by atoms with Crippen LogP contribution in [0.4, 0.5) is 5.69 Å². The Morgan fingerprint density at radius 2 is 1.47 bits per heavy atom. The molecule has 3 aliphatic rings. The molecule has 7 rings (SSSR count). The highest BCUT2D eigenvalue weighted by Gasteiger charge is 2.46. The lowest BCUT2D eigenvalue weighted by Gasteiger charge is -2.25. The number of aryl methyl sites for hydroxylation is 1. The van der Waals surface area contributed by atoms with Gasteiger partial charge in [0.1, 0.15) is 5.82 Å². The van der Waals surface area contributed by atoms with Gasteiger partial charge in [0, 0.05) is 11.6 Å². The number of aromatic amines is 1. The van der Waals surface area contributed by atoms with Crippen molar-refractivity contribution in [3.05, 3.63) is 95.4 Å². The third-order valence-electron chi connectivity index (χ3n) is 8.46. The summed E-state index contributed by atoms with van der Waals surface area (Å²) in [7, 11) is 0. The predicted molar refractivity (Wildman–Crippen MR) is 139 cm³/mol. The van der Waals surface area contributed by atoms with Gasteiger partial charge < -0.3 is 9.88 Å². The van der Waals surface area contributed by atoms with E-state index in [1.807, 2.05) is 6.20 Å². The van der Waals surface area contributed by atoms with Gasteiger partial charge >= 0.3 is 0 Å². The van der Waals surface area contributed by atoms with Crippen LogP contribution < -0.4 is 4.90 Å². The van der Waals surface area contributed by atoms with Crippen molar-refractivity contribution in [3.8, 4) is 22.4 Å². The number of imidazole rings is 1. The van der Waals surface area contributed by atoms with E-state index in [-0.39, 0.29) is 0 Å². The second-order valence-corrected chi connectivity index (χ2v) is 10.3. The molecule has 1 aliphatic carbocycles. The summed E-state index contributed by atoms with van der Waals surface area (Å²) in [5.41, 5.74) is 11.0. The number of para-hydroxylation sites is 1. The average molecular weight is 446 g/mol. The zero-order valence-electron chi connectivity index (χ0n) is 19.8. The van der Waals surface area contributed by atoms with Crippen LogP contribution in [0.5, 0.6) is 0 Å². The van der Waals surface area contributed by atoms with E-state index in [1.165, 1.54) is 72.3 Å². The minimum absolute atomic E-state index is 0.471. The summed E-state index contributed by atoms with van der Waals surface area (Å²) >= 11 is 0. The van der Waals surface area contributed by atoms with Gasteiger partial charge in [-0.2, -0.15) is 0 Å². The molecule has 3 heterocycles. The Morgan fingerprint density at radius 3 is 2.24 bits per heavy atom. The summed E-state index contributed by atoms with van der Waals surface area (Å²) in [6.07, 6.45) is 9.71. The Balaban J connectivity index is 1.23. The normalized spacial score (nSPS) is 21.4. The van der Waals surface area contributed by atoms with E-state index in [1.54, 1.807) is 11.1 Å². The fourth-order valence-corrected chi connectivity index (χ4v) is 6.86. The lowest BCUT2D eigenvalue weighted by Crippen LogP contribution is -2.18. The van der Waals surface area contributed by atoms with E-state index >= 15 is 0 Å². The third-order valence-corrected chi connectivity index (χ3v) is 8.46. The Labute approximate surface area is 201 Å². The number of rotatable bonds is 4. The van der Waals surface area contributed by atoms with Crippen LogP contribution in [0.2, 0.25) is 0 Å². The Morgan fingerprint density at radius 1 is 0.765 bits per heavy atom. The molecule has 2 unspecified atom stereocenters. The van der Waals surface area contributed by atoms with Crippen molar-refractivity contribution in [2.75, 3.05) is 4.90 Å². The molecule has 2 bridgehead atoms. The Hall–Kier alpha value is -3.33. The topological polar surface area (TPSA) is 31.9 Å². The van der Waals surface area contributed by atoms with Gasteiger partial charge in [0.25, 0.3) is 0 Å². The molecule has 1 saturated heterocycles. The lowest BCUT2D eigenvalue weighted by molar-refractivity contribution is 0.679. The molecule has 4 aromatic rings. The van der Waals surface area contributed by atoms with Crippen LogP contribution in [0.3, 0.4) is 0 Å². The number of anilines is 1. The first-order valence-electron chi connectivity index (χ1n) is 12.9. The standard InChI is InChI=1S/C31H31N3/c1-20-11-16-25(30-28-18-17-27(29(20)30)34(28)24-9-3-2-4-10-24)21-12-14-22(15-13-21)26-19-32-31(33-26)23-7-5-6-8-23/h2-4,9-16,19,23,27-28H,5-8,17-18H2,1H3,(H,32,33). The molecule has 3 heteroatoms. The number of hydrogen-bond acceptors (Lipinski definition) is 2. The summed E-state index contributed by atoms with van der Waals surface area (Å²) in [5, 5.41) is 0. The van der Waals surface area contributed by atoms with Crippen molar-refractivity contribution in [1.82, 2.24) is 9.97 Å². The minimum Gasteiger partial charge on any atom is -0.357 e. The zero-order valence-corrected chi connectivity index (χ0v) is 19.8. The molecule has 1 saturated carbocycles. The molecule has 0 amide bonds. The van der Waals surface area contributed by atoms with E-state index < -0.39 is 0 Å². The van der Waals surface area contributed by atoms with Gasteiger partial charge in [0.05, 0.1) is 24.0 Å². The summed E-state index contributed by atoms with van der Waals surface area (Å²) in [6, 6.07) is 25.8. The van der Waals surface area contributed by atoms with Crippen LogP contribution in [0.1, 0.15) is 79.0 Å². The number of fused-ring (bicyclic) bond motifs is 5. The zero-order chi connectivity index (χ0) is 22.6. The fraction of sp³-hybridized carbons (Fsp3) is 0.323. The molecule has 34 heavy (non-hydrogen) atoms. The molecule has 170 valence electrons.